The van der Waals surface area contributed by atoms with Crippen molar-refractivity contribution in [2.45, 2.75) is 40.2 Å². The minimum atomic E-state index is -0.180. The molecule has 0 saturated carbocycles. The van der Waals surface area contributed by atoms with Crippen molar-refractivity contribution in [2.75, 3.05) is 0 Å². The van der Waals surface area contributed by atoms with Crippen molar-refractivity contribution < 1.29 is 9.32 Å². The van der Waals surface area contributed by atoms with Gasteiger partial charge in [0.1, 0.15) is 17.1 Å². The Bertz CT molecular complexity index is 1230. The largest absolute Gasteiger partial charge is 0.361 e. The van der Waals surface area contributed by atoms with Crippen LogP contribution in [-0.2, 0) is 6.54 Å². The summed E-state index contributed by atoms with van der Waals surface area (Å²) in [6, 6.07) is 13.7. The SMILES string of the molecule is Cc1ncc(-c2ccccn2)c(-c2ccc(CNC(=O)c3c(C(C)C)noc3C)cc2)n1. The molecule has 32 heavy (non-hydrogen) atoms. The summed E-state index contributed by atoms with van der Waals surface area (Å²) in [6.07, 6.45) is 3.56. The lowest BCUT2D eigenvalue weighted by Crippen LogP contribution is -2.24. The van der Waals surface area contributed by atoms with E-state index in [1.54, 1.807) is 13.1 Å². The van der Waals surface area contributed by atoms with Gasteiger partial charge in [0.15, 0.2) is 0 Å². The summed E-state index contributed by atoms with van der Waals surface area (Å²) in [7, 11) is 0. The predicted molar refractivity (Wildman–Crippen MR) is 122 cm³/mol. The molecule has 162 valence electrons. The average Bonchev–Trinajstić information content (AvgIpc) is 3.20. The highest BCUT2D eigenvalue weighted by molar-refractivity contribution is 5.96. The Kier molecular flexibility index (Phi) is 6.07. The van der Waals surface area contributed by atoms with Gasteiger partial charge in [-0.15, -0.1) is 0 Å². The number of nitrogens with one attached hydrogen (secondary N) is 1. The fraction of sp³-hybridized carbons (Fsp3) is 0.240. The molecule has 7 heteroatoms. The molecule has 0 fully saturated rings. The molecule has 3 aromatic heterocycles. The lowest BCUT2D eigenvalue weighted by molar-refractivity contribution is 0.0948. The van der Waals surface area contributed by atoms with Crippen LogP contribution in [0.25, 0.3) is 22.5 Å². The van der Waals surface area contributed by atoms with Crippen molar-refractivity contribution in [1.29, 1.82) is 0 Å². The Labute approximate surface area is 186 Å². The third kappa shape index (κ3) is 4.42. The van der Waals surface area contributed by atoms with E-state index in [2.05, 4.69) is 25.4 Å². The highest BCUT2D eigenvalue weighted by Crippen LogP contribution is 2.29. The Hall–Kier alpha value is -3.87. The smallest absolute Gasteiger partial charge is 0.257 e. The monoisotopic (exact) mass is 427 g/mol. The fourth-order valence-corrected chi connectivity index (χ4v) is 3.51. The molecule has 0 radical (unpaired) electrons. The summed E-state index contributed by atoms with van der Waals surface area (Å²) in [5.41, 5.74) is 5.67. The van der Waals surface area contributed by atoms with Gasteiger partial charge >= 0.3 is 0 Å². The van der Waals surface area contributed by atoms with E-state index in [9.17, 15) is 4.79 Å². The molecule has 0 atom stereocenters. The standard InChI is InChI=1S/C25H25N5O2/c1-15(2)23-22(16(3)32-30-23)25(31)28-13-18-8-10-19(11-9-18)24-20(14-27-17(4)29-24)21-7-5-6-12-26-21/h5-12,14-15H,13H2,1-4H3,(H,28,31). The van der Waals surface area contributed by atoms with Crippen LogP contribution in [0.4, 0.5) is 0 Å². The van der Waals surface area contributed by atoms with E-state index in [1.807, 2.05) is 69.4 Å². The molecule has 0 spiro atoms. The number of hydrogen-bond donors (Lipinski definition) is 1. The molecular weight excluding hydrogens is 402 g/mol. The van der Waals surface area contributed by atoms with E-state index in [-0.39, 0.29) is 11.8 Å². The number of hydrogen-bond acceptors (Lipinski definition) is 6. The maximum Gasteiger partial charge on any atom is 0.257 e. The van der Waals surface area contributed by atoms with Gasteiger partial charge in [0, 0.05) is 30.1 Å². The number of nitrogens with zero attached hydrogens (tertiary/aromatic N) is 4. The molecule has 0 aliphatic heterocycles. The van der Waals surface area contributed by atoms with E-state index in [4.69, 9.17) is 4.52 Å². The molecule has 1 N–H and O–H groups in total. The van der Waals surface area contributed by atoms with Crippen LogP contribution in [0, 0.1) is 13.8 Å². The lowest BCUT2D eigenvalue weighted by atomic mass is 10.0. The van der Waals surface area contributed by atoms with Crippen LogP contribution in [-0.4, -0.2) is 26.0 Å². The fourth-order valence-electron chi connectivity index (χ4n) is 3.51. The quantitative estimate of drug-likeness (QED) is 0.472. The molecule has 0 unspecified atom stereocenters. The second-order valence-corrected chi connectivity index (χ2v) is 7.93. The average molecular weight is 428 g/mol. The summed E-state index contributed by atoms with van der Waals surface area (Å²) in [5, 5.41) is 6.99. The Balaban J connectivity index is 1.53. The van der Waals surface area contributed by atoms with Crippen LogP contribution >= 0.6 is 0 Å². The van der Waals surface area contributed by atoms with Crippen molar-refractivity contribution in [1.82, 2.24) is 25.4 Å². The minimum Gasteiger partial charge on any atom is -0.361 e. The first-order valence-electron chi connectivity index (χ1n) is 10.5. The van der Waals surface area contributed by atoms with Gasteiger partial charge in [-0.1, -0.05) is 49.3 Å². The first-order chi connectivity index (χ1) is 15.4. The zero-order valence-electron chi connectivity index (χ0n) is 18.6. The number of carbonyl (C=O) groups excluding carboxylic acids is 1. The molecule has 4 rings (SSSR count). The number of amides is 1. The third-order valence-electron chi connectivity index (χ3n) is 5.19. The summed E-state index contributed by atoms with van der Waals surface area (Å²) in [5.74, 6) is 1.15. The van der Waals surface area contributed by atoms with Gasteiger partial charge in [-0.3, -0.25) is 9.78 Å². The molecule has 3 heterocycles. The van der Waals surface area contributed by atoms with Gasteiger partial charge in [0.25, 0.3) is 5.91 Å². The van der Waals surface area contributed by atoms with Gasteiger partial charge in [-0.2, -0.15) is 0 Å². The first kappa shape index (κ1) is 21.4. The number of aromatic nitrogens is 4. The van der Waals surface area contributed by atoms with Crippen LogP contribution in [0.1, 0.15) is 53.0 Å². The zero-order valence-corrected chi connectivity index (χ0v) is 18.6. The number of carbonyl (C=O) groups is 1. The summed E-state index contributed by atoms with van der Waals surface area (Å²) >= 11 is 0. The van der Waals surface area contributed by atoms with Crippen molar-refractivity contribution in [2.24, 2.45) is 0 Å². The number of benzene rings is 1. The van der Waals surface area contributed by atoms with Crippen LogP contribution in [0.3, 0.4) is 0 Å². The third-order valence-corrected chi connectivity index (χ3v) is 5.19. The van der Waals surface area contributed by atoms with Crippen LogP contribution in [0.2, 0.25) is 0 Å². The van der Waals surface area contributed by atoms with Gasteiger partial charge in [-0.05, 0) is 37.5 Å². The highest BCUT2D eigenvalue weighted by Gasteiger charge is 2.22. The molecule has 1 amide bonds. The molecule has 0 aliphatic carbocycles. The second-order valence-electron chi connectivity index (χ2n) is 7.93. The summed E-state index contributed by atoms with van der Waals surface area (Å²) in [6.45, 7) is 8.00. The van der Waals surface area contributed by atoms with E-state index in [1.165, 1.54) is 0 Å². The van der Waals surface area contributed by atoms with Gasteiger partial charge < -0.3 is 9.84 Å². The minimum absolute atomic E-state index is 0.108. The Morgan fingerprint density at radius 2 is 1.84 bits per heavy atom. The highest BCUT2D eigenvalue weighted by atomic mass is 16.5. The molecule has 0 saturated heterocycles. The predicted octanol–water partition coefficient (Wildman–Crippen LogP) is 4.86. The molecule has 0 aliphatic rings. The van der Waals surface area contributed by atoms with Crippen molar-refractivity contribution >= 4 is 5.91 Å². The molecule has 0 bridgehead atoms. The second kappa shape index (κ2) is 9.09. The molecule has 4 aromatic rings. The van der Waals surface area contributed by atoms with E-state index in [0.29, 0.717) is 29.4 Å². The van der Waals surface area contributed by atoms with Crippen LogP contribution < -0.4 is 5.32 Å². The summed E-state index contributed by atoms with van der Waals surface area (Å²) in [4.78, 5) is 26.2. The van der Waals surface area contributed by atoms with Crippen molar-refractivity contribution in [3.8, 4) is 22.5 Å². The van der Waals surface area contributed by atoms with Gasteiger partial charge in [-0.25, -0.2) is 9.97 Å². The van der Waals surface area contributed by atoms with E-state index in [0.717, 1.165) is 28.1 Å². The van der Waals surface area contributed by atoms with Crippen molar-refractivity contribution in [3.05, 3.63) is 83.3 Å². The Morgan fingerprint density at radius 3 is 2.53 bits per heavy atom. The lowest BCUT2D eigenvalue weighted by Gasteiger charge is -2.11. The molecule has 7 nitrogen and oxygen atoms in total. The van der Waals surface area contributed by atoms with Crippen LogP contribution in [0.5, 0.6) is 0 Å². The van der Waals surface area contributed by atoms with E-state index < -0.39 is 0 Å². The first-order valence-corrected chi connectivity index (χ1v) is 10.5. The normalized spacial score (nSPS) is 11.0. The molecule has 1 aromatic carbocycles. The van der Waals surface area contributed by atoms with Crippen LogP contribution in [0.15, 0.2) is 59.4 Å². The number of pyridine rings is 1. The van der Waals surface area contributed by atoms with Crippen molar-refractivity contribution in [3.63, 3.8) is 0 Å². The maximum atomic E-state index is 12.7. The molecular formula is C25H25N5O2. The van der Waals surface area contributed by atoms with E-state index >= 15 is 0 Å². The van der Waals surface area contributed by atoms with Gasteiger partial charge in [0.05, 0.1) is 17.1 Å². The maximum absolute atomic E-state index is 12.7. The van der Waals surface area contributed by atoms with Gasteiger partial charge in [0.2, 0.25) is 0 Å². The number of rotatable bonds is 6. The summed E-state index contributed by atoms with van der Waals surface area (Å²) < 4.78 is 5.22. The number of aryl methyl sites for hydroxylation is 2. The topological polar surface area (TPSA) is 93.8 Å². The Morgan fingerprint density at radius 1 is 1.06 bits per heavy atom. The zero-order chi connectivity index (χ0) is 22.7.